The number of hydrogen-bond acceptors (Lipinski definition) is 2. The second-order valence-corrected chi connectivity index (χ2v) is 16.4. The highest BCUT2D eigenvalue weighted by atomic mass is 32.1. The third-order valence-corrected chi connectivity index (χ3v) is 13.0. The fourth-order valence-corrected chi connectivity index (χ4v) is 10.2. The first-order valence-corrected chi connectivity index (χ1v) is 19.9. The molecule has 0 atom stereocenters. The first kappa shape index (κ1) is 32.0. The molecule has 1 aliphatic rings. The lowest BCUT2D eigenvalue weighted by molar-refractivity contribution is 0.666. The molecule has 9 aromatic carbocycles. The van der Waals surface area contributed by atoms with Crippen LogP contribution in [0.2, 0.25) is 0 Å². The van der Waals surface area contributed by atoms with Crippen LogP contribution in [0.3, 0.4) is 0 Å². The van der Waals surface area contributed by atoms with Crippen LogP contribution in [-0.2, 0) is 5.41 Å². The molecule has 0 unspecified atom stereocenters. The lowest BCUT2D eigenvalue weighted by Gasteiger charge is -2.30. The molecule has 0 bridgehead atoms. The lowest BCUT2D eigenvalue weighted by Crippen LogP contribution is -2.16. The van der Waals surface area contributed by atoms with Crippen LogP contribution in [0.4, 0.5) is 17.1 Å². The van der Waals surface area contributed by atoms with Gasteiger partial charge in [-0.05, 0) is 115 Å². The zero-order valence-electron chi connectivity index (χ0n) is 30.8. The SMILES string of the molecule is CC1(C)c2ccccc2-c2c(N(c3ccc(-c4ccc5ccccc5c4)cc3)c3ccc(-c4ccc5sc6ccccc6c5c4)cc3)cc3ccccc3c21. The average molecular weight is 720 g/mol. The maximum absolute atomic E-state index is 2.48. The second-order valence-electron chi connectivity index (χ2n) is 15.3. The molecule has 55 heavy (non-hydrogen) atoms. The summed E-state index contributed by atoms with van der Waals surface area (Å²) in [6.07, 6.45) is 0. The number of thiophene rings is 1. The number of benzene rings is 9. The van der Waals surface area contributed by atoms with E-state index in [-0.39, 0.29) is 5.41 Å². The molecule has 1 aliphatic carbocycles. The number of hydrogen-bond donors (Lipinski definition) is 0. The largest absolute Gasteiger partial charge is 0.310 e. The highest BCUT2D eigenvalue weighted by Gasteiger charge is 2.39. The van der Waals surface area contributed by atoms with E-state index in [1.54, 1.807) is 0 Å². The summed E-state index contributed by atoms with van der Waals surface area (Å²) in [5, 5.41) is 7.74. The Labute approximate surface area is 325 Å². The van der Waals surface area contributed by atoms with Crippen molar-refractivity contribution in [2.24, 2.45) is 0 Å². The molecule has 0 fully saturated rings. The second kappa shape index (κ2) is 12.3. The Kier molecular flexibility index (Phi) is 7.14. The summed E-state index contributed by atoms with van der Waals surface area (Å²) in [4.78, 5) is 2.48. The Morgan fingerprint density at radius 3 is 1.75 bits per heavy atom. The molecule has 0 radical (unpaired) electrons. The quantitative estimate of drug-likeness (QED) is 0.171. The van der Waals surface area contributed by atoms with E-state index < -0.39 is 0 Å². The maximum atomic E-state index is 2.48. The third-order valence-electron chi connectivity index (χ3n) is 11.8. The summed E-state index contributed by atoms with van der Waals surface area (Å²) in [6.45, 7) is 4.78. The molecule has 2 heteroatoms. The Bertz CT molecular complexity index is 3110. The molecular weight excluding hydrogens is 683 g/mol. The molecule has 0 N–H and O–H groups in total. The van der Waals surface area contributed by atoms with E-state index in [0.29, 0.717) is 0 Å². The van der Waals surface area contributed by atoms with E-state index in [9.17, 15) is 0 Å². The Hall–Kier alpha value is -6.48. The van der Waals surface area contributed by atoms with Gasteiger partial charge in [-0.2, -0.15) is 0 Å². The molecule has 0 spiro atoms. The lowest BCUT2D eigenvalue weighted by atomic mass is 9.80. The van der Waals surface area contributed by atoms with Gasteiger partial charge in [-0.15, -0.1) is 11.3 Å². The van der Waals surface area contributed by atoms with Gasteiger partial charge in [0.1, 0.15) is 0 Å². The van der Waals surface area contributed by atoms with Crippen molar-refractivity contribution in [1.29, 1.82) is 0 Å². The average Bonchev–Trinajstić information content (AvgIpc) is 3.73. The maximum Gasteiger partial charge on any atom is 0.0549 e. The van der Waals surface area contributed by atoms with Crippen molar-refractivity contribution in [2.75, 3.05) is 4.90 Å². The van der Waals surface area contributed by atoms with Crippen LogP contribution in [0.15, 0.2) is 188 Å². The number of rotatable bonds is 5. The van der Waals surface area contributed by atoms with Crippen LogP contribution in [0.5, 0.6) is 0 Å². The standard InChI is InChI=1S/C53H37NS/c1-53(2)47-17-9-7-16-45(47)51-48(33-40-13-5-6-14-43(40)52(51)53)54(41-26-21-35(22-27-41)38-20-19-34-11-3-4-12-37(34)31-38)42-28-23-36(24-29-42)39-25-30-50-46(32-39)44-15-8-10-18-49(44)55-50/h3-33H,1-2H3. The minimum absolute atomic E-state index is 0.151. The molecule has 0 saturated carbocycles. The summed E-state index contributed by atoms with van der Waals surface area (Å²) in [5.74, 6) is 0. The van der Waals surface area contributed by atoms with E-state index in [0.717, 1.165) is 11.4 Å². The molecule has 260 valence electrons. The van der Waals surface area contributed by atoms with Crippen molar-refractivity contribution in [3.05, 3.63) is 199 Å². The number of fused-ring (bicyclic) bond motifs is 9. The van der Waals surface area contributed by atoms with Crippen molar-refractivity contribution in [2.45, 2.75) is 19.3 Å². The molecule has 1 nitrogen and oxygen atoms in total. The first-order chi connectivity index (χ1) is 27.0. The van der Waals surface area contributed by atoms with Gasteiger partial charge in [0.05, 0.1) is 5.69 Å². The minimum Gasteiger partial charge on any atom is -0.310 e. The van der Waals surface area contributed by atoms with Crippen molar-refractivity contribution >= 4 is 70.1 Å². The van der Waals surface area contributed by atoms with Crippen LogP contribution in [-0.4, -0.2) is 0 Å². The normalized spacial score (nSPS) is 13.1. The van der Waals surface area contributed by atoms with Gasteiger partial charge in [0.2, 0.25) is 0 Å². The Balaban J connectivity index is 1.09. The number of anilines is 3. The summed E-state index contributed by atoms with van der Waals surface area (Å²) < 4.78 is 2.66. The van der Waals surface area contributed by atoms with Crippen LogP contribution in [0.25, 0.3) is 75.1 Å². The fraction of sp³-hybridized carbons (Fsp3) is 0.0566. The molecule has 0 aliphatic heterocycles. The predicted octanol–water partition coefficient (Wildman–Crippen LogP) is 15.5. The van der Waals surface area contributed by atoms with E-state index in [1.165, 1.54) is 91.9 Å². The van der Waals surface area contributed by atoms with Crippen LogP contribution >= 0.6 is 11.3 Å². The van der Waals surface area contributed by atoms with E-state index >= 15 is 0 Å². The highest BCUT2D eigenvalue weighted by Crippen LogP contribution is 2.56. The summed E-state index contributed by atoms with van der Waals surface area (Å²) >= 11 is 1.87. The van der Waals surface area contributed by atoms with Crippen molar-refractivity contribution in [1.82, 2.24) is 0 Å². The van der Waals surface area contributed by atoms with Gasteiger partial charge >= 0.3 is 0 Å². The zero-order valence-corrected chi connectivity index (χ0v) is 31.6. The molecular formula is C53H37NS. The third kappa shape index (κ3) is 5.06. The molecule has 0 amide bonds. The van der Waals surface area contributed by atoms with Gasteiger partial charge in [-0.25, -0.2) is 0 Å². The monoisotopic (exact) mass is 719 g/mol. The van der Waals surface area contributed by atoms with Crippen LogP contribution < -0.4 is 4.90 Å². The first-order valence-electron chi connectivity index (χ1n) is 19.1. The zero-order chi connectivity index (χ0) is 36.7. The smallest absolute Gasteiger partial charge is 0.0549 e. The topological polar surface area (TPSA) is 3.24 Å². The summed E-state index contributed by atoms with van der Waals surface area (Å²) in [5.41, 5.74) is 13.6. The molecule has 1 aromatic heterocycles. The van der Waals surface area contributed by atoms with Gasteiger partial charge < -0.3 is 4.90 Å². The molecule has 1 heterocycles. The molecule has 10 aromatic rings. The van der Waals surface area contributed by atoms with Gasteiger partial charge in [-0.1, -0.05) is 147 Å². The van der Waals surface area contributed by atoms with Gasteiger partial charge in [0, 0.05) is 42.5 Å². The predicted molar refractivity (Wildman–Crippen MR) is 237 cm³/mol. The van der Waals surface area contributed by atoms with E-state index in [4.69, 9.17) is 0 Å². The van der Waals surface area contributed by atoms with Crippen LogP contribution in [0, 0.1) is 0 Å². The highest BCUT2D eigenvalue weighted by molar-refractivity contribution is 7.25. The van der Waals surface area contributed by atoms with Crippen molar-refractivity contribution in [3.8, 4) is 33.4 Å². The van der Waals surface area contributed by atoms with Crippen LogP contribution in [0.1, 0.15) is 25.0 Å². The van der Waals surface area contributed by atoms with Crippen molar-refractivity contribution in [3.63, 3.8) is 0 Å². The number of nitrogens with zero attached hydrogens (tertiary/aromatic N) is 1. The molecule has 0 saturated heterocycles. The summed E-state index contributed by atoms with van der Waals surface area (Å²) in [6, 6.07) is 69.7. The van der Waals surface area contributed by atoms with E-state index in [1.807, 2.05) is 11.3 Å². The van der Waals surface area contributed by atoms with Crippen molar-refractivity contribution < 1.29 is 0 Å². The molecule has 11 rings (SSSR count). The Morgan fingerprint density at radius 2 is 0.982 bits per heavy atom. The van der Waals surface area contributed by atoms with Gasteiger partial charge in [0.25, 0.3) is 0 Å². The Morgan fingerprint density at radius 1 is 0.418 bits per heavy atom. The van der Waals surface area contributed by atoms with Gasteiger partial charge in [-0.3, -0.25) is 0 Å². The van der Waals surface area contributed by atoms with Gasteiger partial charge in [0.15, 0.2) is 0 Å². The minimum atomic E-state index is -0.151. The van der Waals surface area contributed by atoms with E-state index in [2.05, 4.69) is 207 Å². The fourth-order valence-electron chi connectivity index (χ4n) is 9.12. The summed E-state index contributed by atoms with van der Waals surface area (Å²) in [7, 11) is 0.